The summed E-state index contributed by atoms with van der Waals surface area (Å²) in [5.41, 5.74) is 1.98. The van der Waals surface area contributed by atoms with Crippen molar-refractivity contribution in [3.63, 3.8) is 0 Å². The minimum Gasteiger partial charge on any atom is -0.459 e. The first-order valence-electron chi connectivity index (χ1n) is 9.59. The second kappa shape index (κ2) is 8.25. The lowest BCUT2D eigenvalue weighted by Gasteiger charge is -2.35. The zero-order chi connectivity index (χ0) is 19.5. The molecule has 146 valence electrons. The Hall–Kier alpha value is -2.50. The van der Waals surface area contributed by atoms with Crippen LogP contribution in [-0.4, -0.2) is 43.5 Å². The lowest BCUT2D eigenvalue weighted by molar-refractivity contribution is -0.123. The van der Waals surface area contributed by atoms with Gasteiger partial charge in [0.2, 0.25) is 5.91 Å². The second-order valence-corrected chi connectivity index (χ2v) is 7.66. The highest BCUT2D eigenvalue weighted by atomic mass is 35.5. The number of nitrogens with zero attached hydrogens (tertiary/aromatic N) is 2. The van der Waals surface area contributed by atoms with Gasteiger partial charge in [-0.3, -0.25) is 9.69 Å². The van der Waals surface area contributed by atoms with Gasteiger partial charge in [0.1, 0.15) is 11.3 Å². The van der Waals surface area contributed by atoms with E-state index in [1.54, 1.807) is 0 Å². The topological polar surface area (TPSA) is 48.7 Å². The number of para-hydroxylation sites is 1. The van der Waals surface area contributed by atoms with Crippen LogP contribution in [0.25, 0.3) is 11.0 Å². The third kappa shape index (κ3) is 4.32. The standard InChI is InChI=1S/C22H24ClN3O2/c1-16(21-13-17-5-2-3-8-20(17)28-21)24-22(27)15-25-9-11-26(12-10-25)19-7-4-6-18(23)14-19/h2-8,13-14,16H,9-12,15H2,1H3,(H,24,27)/t16-/m0/s1. The summed E-state index contributed by atoms with van der Waals surface area (Å²) in [4.78, 5) is 17.0. The Morgan fingerprint density at radius 1 is 1.11 bits per heavy atom. The van der Waals surface area contributed by atoms with Gasteiger partial charge in [0.15, 0.2) is 0 Å². The molecule has 1 fully saturated rings. The maximum absolute atomic E-state index is 12.5. The molecule has 0 aliphatic carbocycles. The third-order valence-corrected chi connectivity index (χ3v) is 5.40. The van der Waals surface area contributed by atoms with E-state index in [-0.39, 0.29) is 11.9 Å². The van der Waals surface area contributed by atoms with Crippen molar-refractivity contribution in [1.29, 1.82) is 0 Å². The number of rotatable bonds is 5. The molecule has 2 aromatic carbocycles. The molecular weight excluding hydrogens is 374 g/mol. The summed E-state index contributed by atoms with van der Waals surface area (Å²) in [6, 6.07) is 17.6. The summed E-state index contributed by atoms with van der Waals surface area (Å²) < 4.78 is 5.85. The molecule has 1 N–H and O–H groups in total. The minimum atomic E-state index is -0.160. The Kier molecular flexibility index (Phi) is 5.55. The summed E-state index contributed by atoms with van der Waals surface area (Å²) in [5.74, 6) is 0.796. The summed E-state index contributed by atoms with van der Waals surface area (Å²) in [7, 11) is 0. The Bertz CT molecular complexity index is 930. The van der Waals surface area contributed by atoms with Gasteiger partial charge in [-0.2, -0.15) is 0 Å². The molecule has 3 aromatic rings. The van der Waals surface area contributed by atoms with E-state index in [1.165, 1.54) is 0 Å². The molecule has 5 nitrogen and oxygen atoms in total. The van der Waals surface area contributed by atoms with Crippen molar-refractivity contribution in [3.05, 3.63) is 65.4 Å². The lowest BCUT2D eigenvalue weighted by Crippen LogP contribution is -2.49. The van der Waals surface area contributed by atoms with Crippen LogP contribution in [0.4, 0.5) is 5.69 Å². The van der Waals surface area contributed by atoms with Gasteiger partial charge in [-0.1, -0.05) is 35.9 Å². The van der Waals surface area contributed by atoms with E-state index in [4.69, 9.17) is 16.0 Å². The molecule has 28 heavy (non-hydrogen) atoms. The highest BCUT2D eigenvalue weighted by Crippen LogP contribution is 2.24. The van der Waals surface area contributed by atoms with Crippen molar-refractivity contribution in [1.82, 2.24) is 10.2 Å². The predicted molar refractivity (Wildman–Crippen MR) is 113 cm³/mol. The normalized spacial score (nSPS) is 16.3. The van der Waals surface area contributed by atoms with Crippen LogP contribution in [0.2, 0.25) is 5.02 Å². The lowest BCUT2D eigenvalue weighted by atomic mass is 10.2. The molecule has 0 radical (unpaired) electrons. The number of hydrogen-bond donors (Lipinski definition) is 1. The van der Waals surface area contributed by atoms with E-state index in [0.717, 1.165) is 53.6 Å². The quantitative estimate of drug-likeness (QED) is 0.704. The zero-order valence-electron chi connectivity index (χ0n) is 15.9. The van der Waals surface area contributed by atoms with Crippen molar-refractivity contribution < 1.29 is 9.21 Å². The number of amides is 1. The van der Waals surface area contributed by atoms with Crippen LogP contribution >= 0.6 is 11.6 Å². The van der Waals surface area contributed by atoms with Gasteiger partial charge in [-0.05, 0) is 37.3 Å². The molecule has 0 spiro atoms. The molecule has 1 aliphatic heterocycles. The van der Waals surface area contributed by atoms with Crippen molar-refractivity contribution in [2.45, 2.75) is 13.0 Å². The number of hydrogen-bond acceptors (Lipinski definition) is 4. The number of fused-ring (bicyclic) bond motifs is 1. The molecule has 0 saturated carbocycles. The summed E-state index contributed by atoms with van der Waals surface area (Å²) in [6.07, 6.45) is 0. The molecule has 1 aromatic heterocycles. The van der Waals surface area contributed by atoms with E-state index >= 15 is 0 Å². The van der Waals surface area contributed by atoms with Crippen LogP contribution in [0, 0.1) is 0 Å². The number of carbonyl (C=O) groups is 1. The van der Waals surface area contributed by atoms with E-state index in [2.05, 4.69) is 21.2 Å². The predicted octanol–water partition coefficient (Wildman–Crippen LogP) is 4.09. The number of nitrogens with one attached hydrogen (secondary N) is 1. The largest absolute Gasteiger partial charge is 0.459 e. The van der Waals surface area contributed by atoms with Crippen molar-refractivity contribution in [2.24, 2.45) is 0 Å². The fourth-order valence-corrected chi connectivity index (χ4v) is 3.80. The molecular formula is C22H24ClN3O2. The Balaban J connectivity index is 1.28. The number of piperazine rings is 1. The summed E-state index contributed by atoms with van der Waals surface area (Å²) in [6.45, 7) is 5.80. The van der Waals surface area contributed by atoms with Crippen LogP contribution in [-0.2, 0) is 4.79 Å². The van der Waals surface area contributed by atoms with Gasteiger partial charge < -0.3 is 14.6 Å². The van der Waals surface area contributed by atoms with Crippen molar-refractivity contribution in [2.75, 3.05) is 37.6 Å². The molecule has 6 heteroatoms. The molecule has 2 heterocycles. The number of furan rings is 1. The van der Waals surface area contributed by atoms with Gasteiger partial charge in [-0.25, -0.2) is 0 Å². The van der Waals surface area contributed by atoms with E-state index in [9.17, 15) is 4.79 Å². The number of benzene rings is 2. The highest BCUT2D eigenvalue weighted by Gasteiger charge is 2.21. The zero-order valence-corrected chi connectivity index (χ0v) is 16.7. The smallest absolute Gasteiger partial charge is 0.234 e. The first kappa shape index (κ1) is 18.8. The average Bonchev–Trinajstić information content (AvgIpc) is 3.13. The van der Waals surface area contributed by atoms with Crippen LogP contribution in [0.3, 0.4) is 0 Å². The van der Waals surface area contributed by atoms with Crippen LogP contribution in [0.1, 0.15) is 18.7 Å². The third-order valence-electron chi connectivity index (χ3n) is 5.16. The van der Waals surface area contributed by atoms with Crippen molar-refractivity contribution in [3.8, 4) is 0 Å². The Morgan fingerprint density at radius 3 is 2.64 bits per heavy atom. The van der Waals surface area contributed by atoms with Gasteiger partial charge in [-0.15, -0.1) is 0 Å². The molecule has 1 amide bonds. The van der Waals surface area contributed by atoms with E-state index in [0.29, 0.717) is 6.54 Å². The Morgan fingerprint density at radius 2 is 1.89 bits per heavy atom. The number of anilines is 1. The monoisotopic (exact) mass is 397 g/mol. The summed E-state index contributed by atoms with van der Waals surface area (Å²) in [5, 5.41) is 4.85. The fourth-order valence-electron chi connectivity index (χ4n) is 3.61. The molecule has 0 unspecified atom stereocenters. The van der Waals surface area contributed by atoms with E-state index < -0.39 is 0 Å². The van der Waals surface area contributed by atoms with Gasteiger partial charge in [0.25, 0.3) is 0 Å². The van der Waals surface area contributed by atoms with Crippen LogP contribution in [0.5, 0.6) is 0 Å². The molecule has 1 aliphatic rings. The molecule has 4 rings (SSSR count). The van der Waals surface area contributed by atoms with E-state index in [1.807, 2.05) is 55.5 Å². The number of halogens is 1. The van der Waals surface area contributed by atoms with Crippen LogP contribution < -0.4 is 10.2 Å². The summed E-state index contributed by atoms with van der Waals surface area (Å²) >= 11 is 6.09. The first-order valence-corrected chi connectivity index (χ1v) is 9.97. The SMILES string of the molecule is C[C@H](NC(=O)CN1CCN(c2cccc(Cl)c2)CC1)c1cc2ccccc2o1. The van der Waals surface area contributed by atoms with Gasteiger partial charge in [0.05, 0.1) is 12.6 Å². The maximum Gasteiger partial charge on any atom is 0.234 e. The molecule has 1 saturated heterocycles. The van der Waals surface area contributed by atoms with Gasteiger partial charge >= 0.3 is 0 Å². The second-order valence-electron chi connectivity index (χ2n) is 7.22. The Labute approximate surface area is 169 Å². The van der Waals surface area contributed by atoms with Crippen LogP contribution in [0.15, 0.2) is 59.0 Å². The van der Waals surface area contributed by atoms with Gasteiger partial charge in [0, 0.05) is 42.3 Å². The molecule has 1 atom stereocenters. The molecule has 0 bridgehead atoms. The fraction of sp³-hybridized carbons (Fsp3) is 0.318. The highest BCUT2D eigenvalue weighted by molar-refractivity contribution is 6.30. The number of carbonyl (C=O) groups excluding carboxylic acids is 1. The average molecular weight is 398 g/mol. The van der Waals surface area contributed by atoms with Crippen molar-refractivity contribution >= 4 is 34.2 Å². The first-order chi connectivity index (χ1) is 13.6. The minimum absolute atomic E-state index is 0.0177. The maximum atomic E-state index is 12.5.